The van der Waals surface area contributed by atoms with Crippen molar-refractivity contribution in [2.24, 2.45) is 0 Å². The van der Waals surface area contributed by atoms with Crippen LogP contribution in [0, 0.1) is 0 Å². The van der Waals surface area contributed by atoms with Crippen LogP contribution in [0.4, 0.5) is 0 Å². The van der Waals surface area contributed by atoms with Crippen LogP contribution >= 0.6 is 0 Å². The quantitative estimate of drug-likeness (QED) is 0.876. The summed E-state index contributed by atoms with van der Waals surface area (Å²) in [6.45, 7) is 5.39. The van der Waals surface area contributed by atoms with Crippen LogP contribution in [-0.2, 0) is 13.0 Å². The van der Waals surface area contributed by atoms with Gasteiger partial charge in [0, 0.05) is 49.8 Å². The lowest BCUT2D eigenvalue weighted by Gasteiger charge is -2.35. The van der Waals surface area contributed by atoms with Gasteiger partial charge in [0.2, 0.25) is 0 Å². The first-order valence-electron chi connectivity index (χ1n) is 7.70. The molecule has 6 nitrogen and oxygen atoms in total. The number of nitrogens with zero attached hydrogens (tertiary/aromatic N) is 3. The van der Waals surface area contributed by atoms with E-state index in [9.17, 15) is 4.79 Å². The van der Waals surface area contributed by atoms with Crippen molar-refractivity contribution in [3.8, 4) is 0 Å². The van der Waals surface area contributed by atoms with Crippen molar-refractivity contribution < 1.29 is 0 Å². The topological polar surface area (TPSA) is 73.9 Å². The van der Waals surface area contributed by atoms with E-state index >= 15 is 0 Å². The Morgan fingerprint density at radius 2 is 2.36 bits per heavy atom. The highest BCUT2D eigenvalue weighted by Gasteiger charge is 2.24. The minimum atomic E-state index is -0.0742. The molecule has 3 heterocycles. The van der Waals surface area contributed by atoms with Crippen LogP contribution in [-0.4, -0.2) is 39.5 Å². The standard InChI is InChI=1S/C16H21N5O/c1-2-13-8-16(22)20-15(19-13)11-21-7-6-18-10-14(21)12-4-3-5-17-9-12/h3-5,8-9,14,18H,2,6-7,10-11H2,1H3,(H,19,20,22). The van der Waals surface area contributed by atoms with E-state index < -0.39 is 0 Å². The average Bonchev–Trinajstić information content (AvgIpc) is 2.55. The number of aryl methyl sites for hydroxylation is 1. The van der Waals surface area contributed by atoms with Gasteiger partial charge < -0.3 is 10.3 Å². The minimum Gasteiger partial charge on any atom is -0.314 e. The van der Waals surface area contributed by atoms with E-state index in [0.29, 0.717) is 6.54 Å². The largest absolute Gasteiger partial charge is 0.314 e. The predicted octanol–water partition coefficient (Wildman–Crippen LogP) is 0.874. The number of nitrogens with one attached hydrogen (secondary N) is 2. The normalized spacial score (nSPS) is 19.2. The van der Waals surface area contributed by atoms with E-state index in [2.05, 4.69) is 31.2 Å². The molecule has 3 rings (SSSR count). The molecule has 6 heteroatoms. The summed E-state index contributed by atoms with van der Waals surface area (Å²) in [5.41, 5.74) is 1.95. The third kappa shape index (κ3) is 3.40. The van der Waals surface area contributed by atoms with Crippen molar-refractivity contribution in [3.63, 3.8) is 0 Å². The zero-order valence-electron chi connectivity index (χ0n) is 12.7. The molecule has 1 saturated heterocycles. The van der Waals surface area contributed by atoms with E-state index in [1.165, 1.54) is 5.56 Å². The lowest BCUT2D eigenvalue weighted by molar-refractivity contribution is 0.149. The van der Waals surface area contributed by atoms with E-state index in [1.54, 1.807) is 12.3 Å². The predicted molar refractivity (Wildman–Crippen MR) is 84.5 cm³/mol. The van der Waals surface area contributed by atoms with Crippen LogP contribution in [0.3, 0.4) is 0 Å². The number of hydrogen-bond donors (Lipinski definition) is 2. The Hall–Kier alpha value is -2.05. The van der Waals surface area contributed by atoms with Gasteiger partial charge in [0.15, 0.2) is 0 Å². The second kappa shape index (κ2) is 6.81. The van der Waals surface area contributed by atoms with Crippen LogP contribution in [0.15, 0.2) is 35.4 Å². The third-order valence-corrected chi connectivity index (χ3v) is 3.98. The Morgan fingerprint density at radius 1 is 1.45 bits per heavy atom. The molecule has 1 aliphatic rings. The Kier molecular flexibility index (Phi) is 4.60. The summed E-state index contributed by atoms with van der Waals surface area (Å²) in [6, 6.07) is 5.87. The fraction of sp³-hybridized carbons (Fsp3) is 0.438. The average molecular weight is 299 g/mol. The van der Waals surface area contributed by atoms with Gasteiger partial charge in [-0.2, -0.15) is 0 Å². The van der Waals surface area contributed by atoms with Gasteiger partial charge in [0.05, 0.1) is 6.54 Å². The molecule has 0 amide bonds. The monoisotopic (exact) mass is 299 g/mol. The van der Waals surface area contributed by atoms with Gasteiger partial charge in [-0.15, -0.1) is 0 Å². The zero-order valence-corrected chi connectivity index (χ0v) is 12.7. The van der Waals surface area contributed by atoms with Crippen LogP contribution in [0.1, 0.15) is 30.0 Å². The van der Waals surface area contributed by atoms with Crippen LogP contribution in [0.5, 0.6) is 0 Å². The van der Waals surface area contributed by atoms with Crippen molar-refractivity contribution in [3.05, 3.63) is 58.0 Å². The van der Waals surface area contributed by atoms with Crippen molar-refractivity contribution >= 4 is 0 Å². The van der Waals surface area contributed by atoms with Gasteiger partial charge in [0.1, 0.15) is 5.82 Å². The molecular weight excluding hydrogens is 278 g/mol. The number of hydrogen-bond acceptors (Lipinski definition) is 5. The first-order valence-corrected chi connectivity index (χ1v) is 7.70. The van der Waals surface area contributed by atoms with Gasteiger partial charge in [-0.1, -0.05) is 13.0 Å². The summed E-state index contributed by atoms with van der Waals surface area (Å²) in [5.74, 6) is 0.736. The van der Waals surface area contributed by atoms with Crippen LogP contribution in [0.2, 0.25) is 0 Å². The number of piperazine rings is 1. The summed E-state index contributed by atoms with van der Waals surface area (Å²) in [7, 11) is 0. The fourth-order valence-corrected chi connectivity index (χ4v) is 2.85. The summed E-state index contributed by atoms with van der Waals surface area (Å²) >= 11 is 0. The molecule has 0 bridgehead atoms. The molecule has 0 radical (unpaired) electrons. The maximum atomic E-state index is 11.7. The van der Waals surface area contributed by atoms with E-state index in [4.69, 9.17) is 0 Å². The van der Waals surface area contributed by atoms with Crippen molar-refractivity contribution in [1.82, 2.24) is 25.2 Å². The highest BCUT2D eigenvalue weighted by Crippen LogP contribution is 2.22. The molecule has 0 aromatic carbocycles. The van der Waals surface area contributed by atoms with Crippen LogP contribution in [0.25, 0.3) is 0 Å². The van der Waals surface area contributed by atoms with Crippen molar-refractivity contribution in [2.75, 3.05) is 19.6 Å². The molecular formula is C16H21N5O. The van der Waals surface area contributed by atoms with Crippen molar-refractivity contribution in [1.29, 1.82) is 0 Å². The fourth-order valence-electron chi connectivity index (χ4n) is 2.85. The maximum absolute atomic E-state index is 11.7. The Labute approximate surface area is 129 Å². The highest BCUT2D eigenvalue weighted by molar-refractivity contribution is 5.16. The molecule has 22 heavy (non-hydrogen) atoms. The molecule has 2 aromatic rings. The first-order chi connectivity index (χ1) is 10.8. The first kappa shape index (κ1) is 14.9. The number of pyridine rings is 1. The summed E-state index contributed by atoms with van der Waals surface area (Å²) in [6.07, 6.45) is 4.46. The highest BCUT2D eigenvalue weighted by atomic mass is 16.1. The Morgan fingerprint density at radius 3 is 3.14 bits per heavy atom. The molecule has 2 aromatic heterocycles. The molecule has 0 aliphatic carbocycles. The van der Waals surface area contributed by atoms with E-state index in [0.717, 1.165) is 37.6 Å². The molecule has 116 valence electrons. The molecule has 1 aliphatic heterocycles. The van der Waals surface area contributed by atoms with E-state index in [1.807, 2.05) is 19.2 Å². The summed E-state index contributed by atoms with van der Waals surface area (Å²) < 4.78 is 0. The third-order valence-electron chi connectivity index (χ3n) is 3.98. The van der Waals surface area contributed by atoms with Crippen molar-refractivity contribution in [2.45, 2.75) is 25.9 Å². The zero-order chi connectivity index (χ0) is 15.4. The van der Waals surface area contributed by atoms with Gasteiger partial charge in [-0.25, -0.2) is 4.98 Å². The number of H-pyrrole nitrogens is 1. The molecule has 0 spiro atoms. The van der Waals surface area contributed by atoms with Gasteiger partial charge in [-0.05, 0) is 18.1 Å². The minimum absolute atomic E-state index is 0.0742. The number of aromatic nitrogens is 3. The second-order valence-corrected chi connectivity index (χ2v) is 5.51. The molecule has 2 N–H and O–H groups in total. The van der Waals surface area contributed by atoms with E-state index in [-0.39, 0.29) is 11.6 Å². The molecule has 1 atom stereocenters. The lowest BCUT2D eigenvalue weighted by atomic mass is 10.1. The van der Waals surface area contributed by atoms with Gasteiger partial charge in [-0.3, -0.25) is 14.7 Å². The molecule has 1 fully saturated rings. The smallest absolute Gasteiger partial charge is 0.251 e. The van der Waals surface area contributed by atoms with Gasteiger partial charge in [0.25, 0.3) is 5.56 Å². The van der Waals surface area contributed by atoms with Crippen LogP contribution < -0.4 is 10.9 Å². The molecule has 0 saturated carbocycles. The maximum Gasteiger partial charge on any atom is 0.251 e. The Balaban J connectivity index is 1.83. The number of aromatic amines is 1. The summed E-state index contributed by atoms with van der Waals surface area (Å²) in [4.78, 5) is 25.7. The summed E-state index contributed by atoms with van der Waals surface area (Å²) in [5, 5.41) is 3.42. The Bertz CT molecular complexity index is 670. The SMILES string of the molecule is CCc1cc(=O)[nH]c(CN2CCNCC2c2cccnc2)n1. The second-order valence-electron chi connectivity index (χ2n) is 5.51. The molecule has 1 unspecified atom stereocenters. The lowest BCUT2D eigenvalue weighted by Crippen LogP contribution is -2.45. The van der Waals surface area contributed by atoms with Gasteiger partial charge >= 0.3 is 0 Å². The number of rotatable bonds is 4.